The maximum atomic E-state index is 12.1. The molecule has 0 unspecified atom stereocenters. The van der Waals surface area contributed by atoms with E-state index < -0.39 is 0 Å². The average molecular weight is 258 g/mol. The Morgan fingerprint density at radius 2 is 2.26 bits per heavy atom. The van der Waals surface area contributed by atoms with E-state index in [0.29, 0.717) is 11.1 Å². The highest BCUT2D eigenvalue weighted by Gasteiger charge is 2.15. The van der Waals surface area contributed by atoms with Crippen LogP contribution in [0.1, 0.15) is 10.4 Å². The van der Waals surface area contributed by atoms with E-state index in [4.69, 9.17) is 9.15 Å². The first kappa shape index (κ1) is 11.3. The Kier molecular flexibility index (Phi) is 2.64. The number of fused-ring (bicyclic) bond motifs is 1. The van der Waals surface area contributed by atoms with Crippen molar-refractivity contribution in [3.8, 4) is 6.01 Å². The van der Waals surface area contributed by atoms with Crippen molar-refractivity contribution >= 4 is 22.8 Å². The summed E-state index contributed by atoms with van der Waals surface area (Å²) < 4.78 is 10.1. The molecule has 2 N–H and O–H groups in total. The van der Waals surface area contributed by atoms with Gasteiger partial charge in [-0.05, 0) is 6.07 Å². The summed E-state index contributed by atoms with van der Waals surface area (Å²) in [6, 6.07) is 7.45. The molecule has 1 aromatic carbocycles. The van der Waals surface area contributed by atoms with E-state index >= 15 is 0 Å². The number of para-hydroxylation sites is 1. The lowest BCUT2D eigenvalue weighted by molar-refractivity contribution is 0.102. The quantitative estimate of drug-likeness (QED) is 0.747. The maximum Gasteiger partial charge on any atom is 0.336 e. The van der Waals surface area contributed by atoms with Gasteiger partial charge in [-0.15, -0.1) is 5.10 Å². The number of hydrogen-bond donors (Lipinski definition) is 2. The molecule has 0 aliphatic rings. The summed E-state index contributed by atoms with van der Waals surface area (Å²) in [5.41, 5.74) is 1.09. The molecule has 1 amide bonds. The molecule has 0 bridgehead atoms. The lowest BCUT2D eigenvalue weighted by atomic mass is 10.2. The van der Waals surface area contributed by atoms with E-state index in [0.717, 1.165) is 5.39 Å². The summed E-state index contributed by atoms with van der Waals surface area (Å²) in [6.07, 6.45) is 1.41. The van der Waals surface area contributed by atoms with Gasteiger partial charge in [0.05, 0.1) is 12.7 Å². The van der Waals surface area contributed by atoms with Crippen molar-refractivity contribution in [3.63, 3.8) is 0 Å². The number of H-pyrrole nitrogens is 1. The van der Waals surface area contributed by atoms with Crippen LogP contribution in [0.15, 0.2) is 34.9 Å². The molecular formula is C12H10N4O3. The molecule has 0 fully saturated rings. The third-order valence-corrected chi connectivity index (χ3v) is 2.61. The summed E-state index contributed by atoms with van der Waals surface area (Å²) >= 11 is 0. The van der Waals surface area contributed by atoms with Gasteiger partial charge in [-0.2, -0.15) is 4.98 Å². The molecular weight excluding hydrogens is 248 g/mol. The molecule has 0 aliphatic heterocycles. The Bertz CT molecular complexity index is 731. The largest absolute Gasteiger partial charge is 0.466 e. The van der Waals surface area contributed by atoms with Gasteiger partial charge >= 0.3 is 6.01 Å². The normalized spacial score (nSPS) is 10.6. The van der Waals surface area contributed by atoms with Crippen molar-refractivity contribution in [3.05, 3.63) is 36.1 Å². The van der Waals surface area contributed by atoms with Crippen LogP contribution in [0, 0.1) is 0 Å². The summed E-state index contributed by atoms with van der Waals surface area (Å²) in [5.74, 6) is -0.115. The van der Waals surface area contributed by atoms with Crippen LogP contribution >= 0.6 is 0 Å². The van der Waals surface area contributed by atoms with E-state index in [1.165, 1.54) is 13.4 Å². The number of rotatable bonds is 3. The SMILES string of the molecule is COc1n[nH]c(NC(=O)c2coc3ccccc23)n1. The number of aromatic nitrogens is 3. The second kappa shape index (κ2) is 4.45. The van der Waals surface area contributed by atoms with Gasteiger partial charge in [-0.1, -0.05) is 18.2 Å². The fourth-order valence-electron chi connectivity index (χ4n) is 1.72. The first-order valence-corrected chi connectivity index (χ1v) is 5.52. The fraction of sp³-hybridized carbons (Fsp3) is 0.0833. The van der Waals surface area contributed by atoms with Crippen molar-refractivity contribution in [2.24, 2.45) is 0 Å². The van der Waals surface area contributed by atoms with Crippen LogP contribution in [0.2, 0.25) is 0 Å². The number of carbonyl (C=O) groups is 1. The van der Waals surface area contributed by atoms with Crippen molar-refractivity contribution < 1.29 is 13.9 Å². The molecule has 7 nitrogen and oxygen atoms in total. The number of benzene rings is 1. The van der Waals surface area contributed by atoms with Gasteiger partial charge in [0.15, 0.2) is 0 Å². The zero-order valence-corrected chi connectivity index (χ0v) is 10.0. The number of nitrogens with one attached hydrogen (secondary N) is 2. The van der Waals surface area contributed by atoms with Gasteiger partial charge in [0, 0.05) is 5.39 Å². The lowest BCUT2D eigenvalue weighted by Gasteiger charge is -1.98. The topological polar surface area (TPSA) is 93.0 Å². The van der Waals surface area contributed by atoms with Crippen LogP contribution in [0.5, 0.6) is 6.01 Å². The second-order valence-electron chi connectivity index (χ2n) is 3.77. The van der Waals surface area contributed by atoms with Crippen LogP contribution in [0.25, 0.3) is 11.0 Å². The molecule has 0 saturated heterocycles. The number of methoxy groups -OCH3 is 1. The van der Waals surface area contributed by atoms with Gasteiger partial charge in [-0.25, -0.2) is 5.10 Å². The Labute approximate surface area is 107 Å². The number of aromatic amines is 1. The molecule has 96 valence electrons. The van der Waals surface area contributed by atoms with Crippen molar-refractivity contribution in [2.45, 2.75) is 0 Å². The minimum Gasteiger partial charge on any atom is -0.466 e. The summed E-state index contributed by atoms with van der Waals surface area (Å²) in [7, 11) is 1.44. The molecule has 0 spiro atoms. The number of hydrogen-bond acceptors (Lipinski definition) is 5. The minimum atomic E-state index is -0.330. The molecule has 0 aliphatic carbocycles. The predicted octanol–water partition coefficient (Wildman–Crippen LogP) is 1.81. The summed E-state index contributed by atoms with van der Waals surface area (Å²) in [5, 5.41) is 9.61. The first-order chi connectivity index (χ1) is 9.28. The Hall–Kier alpha value is -2.83. The van der Waals surface area contributed by atoms with E-state index in [-0.39, 0.29) is 17.9 Å². The van der Waals surface area contributed by atoms with Gasteiger partial charge in [0.1, 0.15) is 11.8 Å². The molecule has 3 aromatic rings. The van der Waals surface area contributed by atoms with Crippen LogP contribution in [-0.4, -0.2) is 28.2 Å². The van der Waals surface area contributed by atoms with Crippen molar-refractivity contribution in [2.75, 3.05) is 12.4 Å². The summed E-state index contributed by atoms with van der Waals surface area (Å²) in [6.45, 7) is 0. The van der Waals surface area contributed by atoms with Crippen LogP contribution in [0.4, 0.5) is 5.95 Å². The Morgan fingerprint density at radius 3 is 3.05 bits per heavy atom. The lowest BCUT2D eigenvalue weighted by Crippen LogP contribution is -2.12. The molecule has 2 aromatic heterocycles. The third kappa shape index (κ3) is 2.01. The fourth-order valence-corrected chi connectivity index (χ4v) is 1.72. The molecule has 0 saturated carbocycles. The zero-order valence-electron chi connectivity index (χ0n) is 10.0. The molecule has 2 heterocycles. The highest BCUT2D eigenvalue weighted by Crippen LogP contribution is 2.21. The minimum absolute atomic E-state index is 0.160. The number of amides is 1. The molecule has 0 atom stereocenters. The zero-order chi connectivity index (χ0) is 13.2. The number of carbonyl (C=O) groups excluding carboxylic acids is 1. The number of anilines is 1. The monoisotopic (exact) mass is 258 g/mol. The van der Waals surface area contributed by atoms with Crippen LogP contribution in [0.3, 0.4) is 0 Å². The van der Waals surface area contributed by atoms with Crippen LogP contribution < -0.4 is 10.1 Å². The van der Waals surface area contributed by atoms with E-state index in [2.05, 4.69) is 20.5 Å². The smallest absolute Gasteiger partial charge is 0.336 e. The average Bonchev–Trinajstić information content (AvgIpc) is 3.04. The Morgan fingerprint density at radius 1 is 1.42 bits per heavy atom. The van der Waals surface area contributed by atoms with E-state index in [1.807, 2.05) is 18.2 Å². The standard InChI is InChI=1S/C12H10N4O3/c1-18-12-14-11(15-16-12)13-10(17)8-6-19-9-5-3-2-4-7(8)9/h2-6H,1H3,(H2,13,14,15,16,17). The predicted molar refractivity (Wildman–Crippen MR) is 67.1 cm³/mol. The van der Waals surface area contributed by atoms with Gasteiger partial charge in [-0.3, -0.25) is 10.1 Å². The molecule has 0 radical (unpaired) electrons. The van der Waals surface area contributed by atoms with Crippen LogP contribution in [-0.2, 0) is 0 Å². The van der Waals surface area contributed by atoms with Crippen molar-refractivity contribution in [1.82, 2.24) is 15.2 Å². The highest BCUT2D eigenvalue weighted by molar-refractivity contribution is 6.11. The molecule has 7 heteroatoms. The highest BCUT2D eigenvalue weighted by atomic mass is 16.5. The van der Waals surface area contributed by atoms with Gasteiger partial charge < -0.3 is 9.15 Å². The number of ether oxygens (including phenoxy) is 1. The van der Waals surface area contributed by atoms with Crippen molar-refractivity contribution in [1.29, 1.82) is 0 Å². The first-order valence-electron chi connectivity index (χ1n) is 5.52. The van der Waals surface area contributed by atoms with Gasteiger partial charge in [0.25, 0.3) is 5.91 Å². The Balaban J connectivity index is 1.87. The molecule has 19 heavy (non-hydrogen) atoms. The maximum absolute atomic E-state index is 12.1. The van der Waals surface area contributed by atoms with E-state index in [9.17, 15) is 4.79 Å². The molecule has 3 rings (SSSR count). The number of nitrogens with zero attached hydrogens (tertiary/aromatic N) is 2. The second-order valence-corrected chi connectivity index (χ2v) is 3.77. The third-order valence-electron chi connectivity index (χ3n) is 2.61. The summed E-state index contributed by atoms with van der Waals surface area (Å²) in [4.78, 5) is 16.0. The number of furan rings is 1. The van der Waals surface area contributed by atoms with Gasteiger partial charge in [0.2, 0.25) is 5.95 Å². The van der Waals surface area contributed by atoms with E-state index in [1.54, 1.807) is 6.07 Å².